The third kappa shape index (κ3) is 3.81. The van der Waals surface area contributed by atoms with E-state index < -0.39 is 10.2 Å². The third-order valence-electron chi connectivity index (χ3n) is 3.68. The number of nitrogens with two attached hydrogens (primary N) is 1. The van der Waals surface area contributed by atoms with Gasteiger partial charge in [-0.2, -0.15) is 17.0 Å². The molecule has 0 saturated carbocycles. The Balaban J connectivity index is 2.11. The van der Waals surface area contributed by atoms with Gasteiger partial charge in [-0.1, -0.05) is 24.6 Å². The van der Waals surface area contributed by atoms with Gasteiger partial charge in [0.05, 0.1) is 0 Å². The predicted molar refractivity (Wildman–Crippen MR) is 83.3 cm³/mol. The van der Waals surface area contributed by atoms with Gasteiger partial charge in [-0.25, -0.2) is 0 Å². The normalized spacial score (nSPS) is 17.0. The molecule has 0 aliphatic carbocycles. The summed E-state index contributed by atoms with van der Waals surface area (Å²) in [6.07, 6.45) is 2.94. The molecule has 0 unspecified atom stereocenters. The van der Waals surface area contributed by atoms with Crippen LogP contribution in [0.5, 0.6) is 0 Å². The number of benzene rings is 1. The molecule has 0 spiro atoms. The van der Waals surface area contributed by atoms with E-state index >= 15 is 0 Å². The first-order valence-corrected chi connectivity index (χ1v) is 8.45. The van der Waals surface area contributed by atoms with Gasteiger partial charge in [-0.15, -0.1) is 0 Å². The Labute approximate surface area is 126 Å². The first-order chi connectivity index (χ1) is 9.91. The third-order valence-corrected chi connectivity index (χ3v) is 5.61. The minimum atomic E-state index is -3.41. The SMILES string of the molecule is CN(Cc1cccc(C(=N)N)c1)S(=O)(=O)N1CCCCC1. The Hall–Kier alpha value is -1.44. The van der Waals surface area contributed by atoms with Gasteiger partial charge in [0.1, 0.15) is 5.84 Å². The van der Waals surface area contributed by atoms with Gasteiger partial charge in [-0.05, 0) is 24.5 Å². The molecular weight excluding hydrogens is 288 g/mol. The second-order valence-corrected chi connectivity index (χ2v) is 7.37. The van der Waals surface area contributed by atoms with E-state index in [-0.39, 0.29) is 12.4 Å². The Bertz CT molecular complexity index is 609. The molecule has 1 aliphatic heterocycles. The van der Waals surface area contributed by atoms with Gasteiger partial charge in [0, 0.05) is 32.2 Å². The van der Waals surface area contributed by atoms with Crippen molar-refractivity contribution in [1.82, 2.24) is 8.61 Å². The molecule has 21 heavy (non-hydrogen) atoms. The van der Waals surface area contributed by atoms with E-state index in [4.69, 9.17) is 11.1 Å². The van der Waals surface area contributed by atoms with E-state index in [1.54, 1.807) is 29.6 Å². The smallest absolute Gasteiger partial charge is 0.282 e. The Morgan fingerprint density at radius 3 is 2.62 bits per heavy atom. The molecule has 1 fully saturated rings. The van der Waals surface area contributed by atoms with Crippen molar-refractivity contribution in [2.75, 3.05) is 20.1 Å². The lowest BCUT2D eigenvalue weighted by Crippen LogP contribution is -2.44. The largest absolute Gasteiger partial charge is 0.384 e. The molecule has 0 aromatic heterocycles. The van der Waals surface area contributed by atoms with Crippen LogP contribution in [-0.4, -0.2) is 43.0 Å². The highest BCUT2D eigenvalue weighted by atomic mass is 32.2. The van der Waals surface area contributed by atoms with Gasteiger partial charge in [0.25, 0.3) is 10.2 Å². The van der Waals surface area contributed by atoms with E-state index in [0.717, 1.165) is 24.8 Å². The molecule has 116 valence electrons. The molecule has 0 bridgehead atoms. The molecule has 0 atom stereocenters. The molecule has 1 saturated heterocycles. The zero-order valence-corrected chi connectivity index (χ0v) is 13.1. The summed E-state index contributed by atoms with van der Waals surface area (Å²) in [6, 6.07) is 7.12. The summed E-state index contributed by atoms with van der Waals surface area (Å²) in [4.78, 5) is 0. The molecule has 3 N–H and O–H groups in total. The van der Waals surface area contributed by atoms with E-state index in [9.17, 15) is 8.42 Å². The van der Waals surface area contributed by atoms with Crippen molar-refractivity contribution in [2.24, 2.45) is 5.73 Å². The van der Waals surface area contributed by atoms with Crippen molar-refractivity contribution in [3.63, 3.8) is 0 Å². The second kappa shape index (κ2) is 6.55. The van der Waals surface area contributed by atoms with Crippen LogP contribution in [0.1, 0.15) is 30.4 Å². The lowest BCUT2D eigenvalue weighted by molar-refractivity contribution is 0.314. The van der Waals surface area contributed by atoms with Gasteiger partial charge in [0.2, 0.25) is 0 Å². The predicted octanol–water partition coefficient (Wildman–Crippen LogP) is 1.13. The van der Waals surface area contributed by atoms with Crippen LogP contribution in [0.25, 0.3) is 0 Å². The maximum absolute atomic E-state index is 12.5. The molecule has 1 aliphatic rings. The van der Waals surface area contributed by atoms with Crippen molar-refractivity contribution < 1.29 is 8.42 Å². The van der Waals surface area contributed by atoms with Crippen molar-refractivity contribution >= 4 is 16.0 Å². The van der Waals surface area contributed by atoms with E-state index in [0.29, 0.717) is 18.7 Å². The van der Waals surface area contributed by atoms with Crippen molar-refractivity contribution in [1.29, 1.82) is 5.41 Å². The number of nitrogens with one attached hydrogen (secondary N) is 1. The number of piperidine rings is 1. The van der Waals surface area contributed by atoms with Gasteiger partial charge < -0.3 is 5.73 Å². The number of rotatable bonds is 5. The minimum Gasteiger partial charge on any atom is -0.384 e. The summed E-state index contributed by atoms with van der Waals surface area (Å²) in [5.41, 5.74) is 6.89. The highest BCUT2D eigenvalue weighted by molar-refractivity contribution is 7.86. The van der Waals surface area contributed by atoms with E-state index in [1.807, 2.05) is 6.07 Å². The lowest BCUT2D eigenvalue weighted by Gasteiger charge is -2.30. The monoisotopic (exact) mass is 310 g/mol. The van der Waals surface area contributed by atoms with Crippen LogP contribution in [-0.2, 0) is 16.8 Å². The van der Waals surface area contributed by atoms with Crippen LogP contribution < -0.4 is 5.73 Å². The first-order valence-electron chi connectivity index (χ1n) is 7.06. The van der Waals surface area contributed by atoms with Gasteiger partial charge >= 0.3 is 0 Å². The molecule has 1 aromatic rings. The van der Waals surface area contributed by atoms with Crippen LogP contribution in [0, 0.1) is 5.41 Å². The summed E-state index contributed by atoms with van der Waals surface area (Å²) in [5.74, 6) is -0.0154. The van der Waals surface area contributed by atoms with Gasteiger partial charge in [0.15, 0.2) is 0 Å². The summed E-state index contributed by atoms with van der Waals surface area (Å²) in [5, 5.41) is 7.44. The fraction of sp³-hybridized carbons (Fsp3) is 0.500. The van der Waals surface area contributed by atoms with Crippen LogP contribution >= 0.6 is 0 Å². The van der Waals surface area contributed by atoms with Crippen LogP contribution in [0.3, 0.4) is 0 Å². The molecule has 1 aromatic carbocycles. The number of hydrogen-bond acceptors (Lipinski definition) is 3. The zero-order valence-electron chi connectivity index (χ0n) is 12.2. The first kappa shape index (κ1) is 15.9. The molecule has 0 radical (unpaired) electrons. The second-order valence-electron chi connectivity index (χ2n) is 5.34. The highest BCUT2D eigenvalue weighted by Gasteiger charge is 2.28. The molecule has 7 heteroatoms. The number of hydrogen-bond donors (Lipinski definition) is 2. The van der Waals surface area contributed by atoms with E-state index in [1.165, 1.54) is 4.31 Å². The molecule has 2 rings (SSSR count). The fourth-order valence-corrected chi connectivity index (χ4v) is 3.89. The highest BCUT2D eigenvalue weighted by Crippen LogP contribution is 2.17. The number of amidine groups is 1. The van der Waals surface area contributed by atoms with Crippen molar-refractivity contribution in [2.45, 2.75) is 25.8 Å². The minimum absolute atomic E-state index is 0.0154. The quantitative estimate of drug-likeness (QED) is 0.631. The number of nitrogen functional groups attached to an aromatic ring is 1. The zero-order chi connectivity index (χ0) is 15.5. The molecule has 6 nitrogen and oxygen atoms in total. The number of nitrogens with zero attached hydrogens (tertiary/aromatic N) is 2. The standard InChI is InChI=1S/C14H22N4O2S/c1-17(21(19,20)18-8-3-2-4-9-18)11-12-6-5-7-13(10-12)14(15)16/h5-7,10H,2-4,8-9,11H2,1H3,(H3,15,16). The van der Waals surface area contributed by atoms with Crippen molar-refractivity contribution in [3.8, 4) is 0 Å². The maximum Gasteiger partial charge on any atom is 0.282 e. The Kier molecular flexibility index (Phi) is 4.97. The van der Waals surface area contributed by atoms with Crippen molar-refractivity contribution in [3.05, 3.63) is 35.4 Å². The van der Waals surface area contributed by atoms with Gasteiger partial charge in [-0.3, -0.25) is 5.41 Å². The lowest BCUT2D eigenvalue weighted by atomic mass is 10.1. The molecular formula is C14H22N4O2S. The summed E-state index contributed by atoms with van der Waals surface area (Å²) >= 11 is 0. The van der Waals surface area contributed by atoms with Crippen LogP contribution in [0.15, 0.2) is 24.3 Å². The average Bonchev–Trinajstić information content (AvgIpc) is 2.48. The van der Waals surface area contributed by atoms with E-state index in [2.05, 4.69) is 0 Å². The Morgan fingerprint density at radius 1 is 1.33 bits per heavy atom. The summed E-state index contributed by atoms with van der Waals surface area (Å²) in [7, 11) is -1.82. The maximum atomic E-state index is 12.5. The van der Waals surface area contributed by atoms with Crippen LogP contribution in [0.4, 0.5) is 0 Å². The molecule has 1 heterocycles. The summed E-state index contributed by atoms with van der Waals surface area (Å²) in [6.45, 7) is 1.47. The topological polar surface area (TPSA) is 90.5 Å². The fourth-order valence-electron chi connectivity index (χ4n) is 2.47. The average molecular weight is 310 g/mol. The molecule has 0 amide bonds. The Morgan fingerprint density at radius 2 is 2.00 bits per heavy atom. The summed E-state index contributed by atoms with van der Waals surface area (Å²) < 4.78 is 27.9. The van der Waals surface area contributed by atoms with Crippen LogP contribution in [0.2, 0.25) is 0 Å².